The summed E-state index contributed by atoms with van der Waals surface area (Å²) in [6.45, 7) is 1.79. The lowest BCUT2D eigenvalue weighted by Gasteiger charge is -2.10. The molecule has 4 rings (SSSR count). The minimum absolute atomic E-state index is 0.0156. The monoisotopic (exact) mass is 361 g/mol. The van der Waals surface area contributed by atoms with Crippen LogP contribution in [0.4, 0.5) is 0 Å². The molecule has 0 bridgehead atoms. The molecule has 0 radical (unpaired) electrons. The number of pyridine rings is 1. The van der Waals surface area contributed by atoms with E-state index in [1.54, 1.807) is 23.7 Å². The van der Waals surface area contributed by atoms with Gasteiger partial charge in [0.15, 0.2) is 21.2 Å². The number of hydrogen-bond acceptors (Lipinski definition) is 6. The molecule has 0 aromatic carbocycles. The van der Waals surface area contributed by atoms with E-state index in [1.165, 1.54) is 12.3 Å². The number of carbonyl (C=O) groups is 1. The normalized spacial score (nSPS) is 19.5. The Morgan fingerprint density at radius 3 is 2.84 bits per heavy atom. The highest BCUT2D eigenvalue weighted by Gasteiger charge is 2.32. The third-order valence-corrected chi connectivity index (χ3v) is 6.15. The van der Waals surface area contributed by atoms with Gasteiger partial charge in [0, 0.05) is 5.56 Å². The molecule has 0 spiro atoms. The molecule has 1 atom stereocenters. The maximum absolute atomic E-state index is 11.8. The van der Waals surface area contributed by atoms with Gasteiger partial charge in [0.2, 0.25) is 0 Å². The number of rotatable bonds is 3. The number of aryl methyl sites for hydroxylation is 1. The van der Waals surface area contributed by atoms with Crippen molar-refractivity contribution in [3.63, 3.8) is 0 Å². The van der Waals surface area contributed by atoms with Crippen molar-refractivity contribution in [2.24, 2.45) is 0 Å². The maximum Gasteiger partial charge on any atom is 0.354 e. The number of sulfone groups is 1. The Bertz CT molecular complexity index is 1080. The Morgan fingerprint density at radius 2 is 2.24 bits per heavy atom. The molecule has 0 amide bonds. The molecule has 1 saturated heterocycles. The third kappa shape index (κ3) is 2.60. The highest BCUT2D eigenvalue weighted by molar-refractivity contribution is 7.91. The molecule has 1 N–H and O–H groups in total. The van der Waals surface area contributed by atoms with Crippen LogP contribution in [0.15, 0.2) is 28.9 Å². The molecule has 1 fully saturated rings. The van der Waals surface area contributed by atoms with Gasteiger partial charge in [-0.25, -0.2) is 22.9 Å². The Kier molecular flexibility index (Phi) is 3.43. The van der Waals surface area contributed by atoms with Gasteiger partial charge in [-0.2, -0.15) is 5.10 Å². The highest BCUT2D eigenvalue weighted by atomic mass is 32.2. The smallest absolute Gasteiger partial charge is 0.354 e. The Balaban J connectivity index is 1.99. The number of hydrogen-bond donors (Lipinski definition) is 1. The predicted molar refractivity (Wildman–Crippen MR) is 89.2 cm³/mol. The van der Waals surface area contributed by atoms with Gasteiger partial charge in [0.25, 0.3) is 0 Å². The fraction of sp³-hybridized carbons (Fsp3) is 0.312. The zero-order valence-electron chi connectivity index (χ0n) is 13.3. The van der Waals surface area contributed by atoms with Crippen LogP contribution in [0.2, 0.25) is 0 Å². The van der Waals surface area contributed by atoms with Crippen LogP contribution in [-0.4, -0.2) is 45.8 Å². The van der Waals surface area contributed by atoms with E-state index in [-0.39, 0.29) is 23.2 Å². The minimum atomic E-state index is -3.11. The molecule has 9 heteroatoms. The van der Waals surface area contributed by atoms with Crippen molar-refractivity contribution >= 4 is 26.8 Å². The van der Waals surface area contributed by atoms with Crippen molar-refractivity contribution in [1.82, 2.24) is 14.8 Å². The van der Waals surface area contributed by atoms with E-state index in [4.69, 9.17) is 4.42 Å². The van der Waals surface area contributed by atoms with Gasteiger partial charge >= 0.3 is 5.97 Å². The number of aromatic carboxylic acids is 1. The topological polar surface area (TPSA) is 115 Å². The number of aromatic nitrogens is 3. The van der Waals surface area contributed by atoms with Gasteiger partial charge < -0.3 is 9.52 Å². The van der Waals surface area contributed by atoms with Crippen molar-refractivity contribution in [2.75, 3.05) is 11.5 Å². The van der Waals surface area contributed by atoms with E-state index in [9.17, 15) is 18.3 Å². The Labute approximate surface area is 143 Å². The summed E-state index contributed by atoms with van der Waals surface area (Å²) < 4.78 is 30.6. The van der Waals surface area contributed by atoms with Gasteiger partial charge in [-0.1, -0.05) is 0 Å². The molecule has 3 aromatic rings. The lowest BCUT2D eigenvalue weighted by atomic mass is 10.1. The first kappa shape index (κ1) is 15.8. The van der Waals surface area contributed by atoms with E-state index in [1.807, 2.05) is 0 Å². The Morgan fingerprint density at radius 1 is 1.44 bits per heavy atom. The molecule has 1 aliphatic rings. The summed E-state index contributed by atoms with van der Waals surface area (Å²) in [5.41, 5.74) is 1.46. The molecular weight excluding hydrogens is 346 g/mol. The number of nitrogens with zero attached hydrogens (tertiary/aromatic N) is 3. The first-order valence-corrected chi connectivity index (χ1v) is 9.55. The third-order valence-electron chi connectivity index (χ3n) is 4.40. The summed E-state index contributed by atoms with van der Waals surface area (Å²) in [4.78, 5) is 15.7. The van der Waals surface area contributed by atoms with Crippen LogP contribution in [0.25, 0.3) is 22.4 Å². The number of carboxylic acids is 1. The molecule has 130 valence electrons. The first-order chi connectivity index (χ1) is 11.9. The van der Waals surface area contributed by atoms with Gasteiger partial charge in [0.1, 0.15) is 5.76 Å². The quantitative estimate of drug-likeness (QED) is 0.759. The lowest BCUT2D eigenvalue weighted by molar-refractivity contribution is 0.0691. The average molecular weight is 361 g/mol. The molecule has 3 aromatic heterocycles. The highest BCUT2D eigenvalue weighted by Crippen LogP contribution is 2.34. The zero-order valence-corrected chi connectivity index (χ0v) is 14.2. The summed E-state index contributed by atoms with van der Waals surface area (Å²) in [5.74, 6) is -0.573. The van der Waals surface area contributed by atoms with Crippen LogP contribution in [0.5, 0.6) is 0 Å². The van der Waals surface area contributed by atoms with Crippen molar-refractivity contribution in [3.8, 4) is 11.3 Å². The predicted octanol–water partition coefficient (Wildman–Crippen LogP) is 2.06. The van der Waals surface area contributed by atoms with E-state index in [2.05, 4.69) is 10.1 Å². The van der Waals surface area contributed by atoms with Gasteiger partial charge in [-0.15, -0.1) is 0 Å². The van der Waals surface area contributed by atoms with Crippen LogP contribution in [-0.2, 0) is 9.84 Å². The molecular formula is C16H15N3O5S. The van der Waals surface area contributed by atoms with Crippen molar-refractivity contribution in [2.45, 2.75) is 19.4 Å². The molecule has 1 aliphatic heterocycles. The molecule has 25 heavy (non-hydrogen) atoms. The summed E-state index contributed by atoms with van der Waals surface area (Å²) in [5, 5.41) is 14.5. The van der Waals surface area contributed by atoms with Gasteiger partial charge in [-0.3, -0.25) is 0 Å². The second-order valence-corrected chi connectivity index (χ2v) is 8.35. The van der Waals surface area contributed by atoms with Crippen LogP contribution in [0.1, 0.15) is 28.6 Å². The molecule has 4 heterocycles. The van der Waals surface area contributed by atoms with Gasteiger partial charge in [-0.05, 0) is 31.5 Å². The summed E-state index contributed by atoms with van der Waals surface area (Å²) in [6, 6.07) is 4.55. The van der Waals surface area contributed by atoms with E-state index < -0.39 is 15.8 Å². The number of fused-ring (bicyclic) bond motifs is 1. The molecule has 8 nitrogen and oxygen atoms in total. The maximum atomic E-state index is 11.8. The van der Waals surface area contributed by atoms with Crippen LogP contribution >= 0.6 is 0 Å². The molecule has 0 unspecified atom stereocenters. The molecule has 0 aliphatic carbocycles. The van der Waals surface area contributed by atoms with Crippen molar-refractivity contribution in [3.05, 3.63) is 35.9 Å². The van der Waals surface area contributed by atoms with Crippen LogP contribution < -0.4 is 0 Å². The van der Waals surface area contributed by atoms with Crippen LogP contribution in [0, 0.1) is 6.92 Å². The molecule has 0 saturated carbocycles. The SMILES string of the molecule is Cc1nn([C@H]2CCS(=O)(=O)C2)c2nc(C(=O)O)cc(-c3ccco3)c12. The fourth-order valence-corrected chi connectivity index (χ4v) is 4.96. The number of carboxylic acid groups (broad SMARTS) is 1. The fourth-order valence-electron chi connectivity index (χ4n) is 3.27. The summed E-state index contributed by atoms with van der Waals surface area (Å²) in [6.07, 6.45) is 1.94. The zero-order chi connectivity index (χ0) is 17.8. The summed E-state index contributed by atoms with van der Waals surface area (Å²) >= 11 is 0. The second-order valence-electron chi connectivity index (χ2n) is 6.12. The van der Waals surface area contributed by atoms with Crippen LogP contribution in [0.3, 0.4) is 0 Å². The number of furan rings is 1. The van der Waals surface area contributed by atoms with Crippen molar-refractivity contribution in [1.29, 1.82) is 0 Å². The summed E-state index contributed by atoms with van der Waals surface area (Å²) in [7, 11) is -3.11. The largest absolute Gasteiger partial charge is 0.477 e. The van der Waals surface area contributed by atoms with E-state index in [0.717, 1.165) is 0 Å². The Hall–Kier alpha value is -2.68. The minimum Gasteiger partial charge on any atom is -0.477 e. The first-order valence-electron chi connectivity index (χ1n) is 7.73. The van der Waals surface area contributed by atoms with Crippen molar-refractivity contribution < 1.29 is 22.7 Å². The average Bonchev–Trinajstić information content (AvgIpc) is 3.26. The van der Waals surface area contributed by atoms with E-state index in [0.29, 0.717) is 34.5 Å². The van der Waals surface area contributed by atoms with E-state index >= 15 is 0 Å². The lowest BCUT2D eigenvalue weighted by Crippen LogP contribution is -2.14. The van der Waals surface area contributed by atoms with Gasteiger partial charge in [0.05, 0.1) is 34.9 Å². The second kappa shape index (κ2) is 5.41. The standard InChI is InChI=1S/C16H15N3O5S/c1-9-14-11(13-3-2-5-24-13)7-12(16(20)21)17-15(14)19(18-9)10-4-6-25(22,23)8-10/h2-3,5,7,10H,4,6,8H2,1H3,(H,20,21)/t10-/m0/s1.